The van der Waals surface area contributed by atoms with E-state index in [9.17, 15) is 9.59 Å². The third-order valence-corrected chi connectivity index (χ3v) is 5.61. The highest BCUT2D eigenvalue weighted by atomic mass is 35.5. The fraction of sp³-hybridized carbons (Fsp3) is 0.368. The quantitative estimate of drug-likeness (QED) is 0.811. The Morgan fingerprint density at radius 3 is 2.72 bits per heavy atom. The van der Waals surface area contributed by atoms with Crippen molar-refractivity contribution in [3.8, 4) is 0 Å². The number of nitrogens with zero attached hydrogens (tertiary/aromatic N) is 2. The minimum absolute atomic E-state index is 0.0351. The van der Waals surface area contributed by atoms with E-state index in [1.807, 2.05) is 53.7 Å². The number of benzene rings is 1. The van der Waals surface area contributed by atoms with Crippen molar-refractivity contribution in [2.75, 3.05) is 20.1 Å². The van der Waals surface area contributed by atoms with E-state index in [4.69, 9.17) is 11.6 Å². The number of amides is 2. The largest absolute Gasteiger partial charge is 0.341 e. The van der Waals surface area contributed by atoms with Crippen LogP contribution in [0, 0.1) is 5.92 Å². The lowest BCUT2D eigenvalue weighted by molar-refractivity contribution is -0.136. The SMILES string of the molecule is CN(Cc1ccc(Cl)cc1)C(=O)C1CCCN(C(=O)c2cccs2)C1. The summed E-state index contributed by atoms with van der Waals surface area (Å²) in [6, 6.07) is 11.2. The summed E-state index contributed by atoms with van der Waals surface area (Å²) in [5.41, 5.74) is 1.04. The van der Waals surface area contributed by atoms with E-state index in [-0.39, 0.29) is 17.7 Å². The summed E-state index contributed by atoms with van der Waals surface area (Å²) < 4.78 is 0. The van der Waals surface area contributed by atoms with Crippen molar-refractivity contribution >= 4 is 34.8 Å². The Hall–Kier alpha value is -1.85. The summed E-state index contributed by atoms with van der Waals surface area (Å²) in [5.74, 6) is 0.00134. The highest BCUT2D eigenvalue weighted by Gasteiger charge is 2.30. The first-order valence-corrected chi connectivity index (χ1v) is 9.62. The van der Waals surface area contributed by atoms with Crippen LogP contribution in [-0.2, 0) is 11.3 Å². The van der Waals surface area contributed by atoms with Crippen LogP contribution in [0.3, 0.4) is 0 Å². The molecule has 1 aromatic carbocycles. The molecule has 1 aromatic heterocycles. The highest BCUT2D eigenvalue weighted by molar-refractivity contribution is 7.12. The molecule has 1 atom stereocenters. The molecule has 132 valence electrons. The molecule has 1 saturated heterocycles. The zero-order valence-electron chi connectivity index (χ0n) is 14.2. The van der Waals surface area contributed by atoms with E-state index in [0.717, 1.165) is 29.8 Å². The lowest BCUT2D eigenvalue weighted by Gasteiger charge is -2.33. The van der Waals surface area contributed by atoms with Crippen molar-refractivity contribution < 1.29 is 9.59 Å². The third kappa shape index (κ3) is 4.41. The fourth-order valence-corrected chi connectivity index (χ4v) is 3.99. The molecule has 2 amide bonds. The van der Waals surface area contributed by atoms with Crippen molar-refractivity contribution in [2.45, 2.75) is 19.4 Å². The van der Waals surface area contributed by atoms with E-state index in [0.29, 0.717) is 18.1 Å². The number of carbonyl (C=O) groups excluding carboxylic acids is 2. The minimum atomic E-state index is -0.130. The Morgan fingerprint density at radius 1 is 1.28 bits per heavy atom. The van der Waals surface area contributed by atoms with Gasteiger partial charge in [0.2, 0.25) is 5.91 Å². The van der Waals surface area contributed by atoms with Crippen LogP contribution in [-0.4, -0.2) is 41.8 Å². The minimum Gasteiger partial charge on any atom is -0.341 e. The number of halogens is 1. The van der Waals surface area contributed by atoms with Crippen LogP contribution in [0.25, 0.3) is 0 Å². The van der Waals surface area contributed by atoms with Gasteiger partial charge in [0.1, 0.15) is 0 Å². The maximum absolute atomic E-state index is 12.8. The number of rotatable bonds is 4. The van der Waals surface area contributed by atoms with Crippen molar-refractivity contribution in [1.82, 2.24) is 9.80 Å². The molecule has 0 N–H and O–H groups in total. The number of hydrogen-bond donors (Lipinski definition) is 0. The molecule has 3 rings (SSSR count). The zero-order valence-corrected chi connectivity index (χ0v) is 15.7. The van der Waals surface area contributed by atoms with Gasteiger partial charge < -0.3 is 9.80 Å². The van der Waals surface area contributed by atoms with Gasteiger partial charge in [-0.3, -0.25) is 9.59 Å². The van der Waals surface area contributed by atoms with Gasteiger partial charge in [0.25, 0.3) is 5.91 Å². The summed E-state index contributed by atoms with van der Waals surface area (Å²) in [6.45, 7) is 1.77. The molecule has 4 nitrogen and oxygen atoms in total. The molecule has 1 unspecified atom stereocenters. The Kier molecular flexibility index (Phi) is 5.76. The Balaban J connectivity index is 1.61. The second-order valence-corrected chi connectivity index (χ2v) is 7.77. The van der Waals surface area contributed by atoms with E-state index in [2.05, 4.69) is 0 Å². The third-order valence-electron chi connectivity index (χ3n) is 4.50. The molecule has 0 bridgehead atoms. The van der Waals surface area contributed by atoms with Gasteiger partial charge in [-0.2, -0.15) is 0 Å². The van der Waals surface area contributed by atoms with Gasteiger partial charge in [0.15, 0.2) is 0 Å². The summed E-state index contributed by atoms with van der Waals surface area (Å²) in [7, 11) is 1.82. The molecule has 1 aliphatic heterocycles. The summed E-state index contributed by atoms with van der Waals surface area (Å²) in [4.78, 5) is 29.6. The van der Waals surface area contributed by atoms with Gasteiger partial charge in [-0.15, -0.1) is 11.3 Å². The van der Waals surface area contributed by atoms with Crippen LogP contribution >= 0.6 is 22.9 Å². The molecular weight excluding hydrogens is 356 g/mol. The molecule has 2 aromatic rings. The van der Waals surface area contributed by atoms with E-state index >= 15 is 0 Å². The first-order valence-electron chi connectivity index (χ1n) is 8.37. The van der Waals surface area contributed by atoms with Crippen LogP contribution in [0.1, 0.15) is 28.1 Å². The van der Waals surface area contributed by atoms with Gasteiger partial charge in [-0.1, -0.05) is 29.8 Å². The van der Waals surface area contributed by atoms with Crippen LogP contribution in [0.15, 0.2) is 41.8 Å². The second-order valence-electron chi connectivity index (χ2n) is 6.39. The zero-order chi connectivity index (χ0) is 17.8. The molecule has 0 radical (unpaired) electrons. The van der Waals surface area contributed by atoms with Crippen molar-refractivity contribution in [3.05, 3.63) is 57.2 Å². The Bertz CT molecular complexity index is 730. The lowest BCUT2D eigenvalue weighted by atomic mass is 9.96. The molecule has 0 spiro atoms. The number of thiophene rings is 1. The Labute approximate surface area is 157 Å². The maximum Gasteiger partial charge on any atom is 0.263 e. The molecular formula is C19H21ClN2O2S. The molecule has 2 heterocycles. The van der Waals surface area contributed by atoms with Gasteiger partial charge in [0, 0.05) is 31.7 Å². The van der Waals surface area contributed by atoms with E-state index < -0.39 is 0 Å². The van der Waals surface area contributed by atoms with E-state index in [1.54, 1.807) is 4.90 Å². The lowest BCUT2D eigenvalue weighted by Crippen LogP contribution is -2.45. The number of hydrogen-bond acceptors (Lipinski definition) is 3. The number of likely N-dealkylation sites (tertiary alicyclic amines) is 1. The van der Waals surface area contributed by atoms with Crippen molar-refractivity contribution in [2.24, 2.45) is 5.92 Å². The van der Waals surface area contributed by atoms with Crippen LogP contribution in [0.5, 0.6) is 0 Å². The van der Waals surface area contributed by atoms with Gasteiger partial charge in [-0.05, 0) is 42.0 Å². The topological polar surface area (TPSA) is 40.6 Å². The number of piperidine rings is 1. The maximum atomic E-state index is 12.8. The first kappa shape index (κ1) is 18.0. The summed E-state index contributed by atoms with van der Waals surface area (Å²) in [5, 5.41) is 2.59. The van der Waals surface area contributed by atoms with Crippen molar-refractivity contribution in [3.63, 3.8) is 0 Å². The van der Waals surface area contributed by atoms with E-state index in [1.165, 1.54) is 11.3 Å². The smallest absolute Gasteiger partial charge is 0.263 e. The monoisotopic (exact) mass is 376 g/mol. The molecule has 0 aliphatic carbocycles. The Morgan fingerprint density at radius 2 is 2.04 bits per heavy atom. The predicted octanol–water partition coefficient (Wildman–Crippen LogP) is 3.91. The molecule has 1 fully saturated rings. The fourth-order valence-electron chi connectivity index (χ4n) is 3.17. The second kappa shape index (κ2) is 8.02. The van der Waals surface area contributed by atoms with Gasteiger partial charge >= 0.3 is 0 Å². The van der Waals surface area contributed by atoms with Crippen LogP contribution in [0.4, 0.5) is 0 Å². The van der Waals surface area contributed by atoms with Crippen LogP contribution in [0.2, 0.25) is 5.02 Å². The van der Waals surface area contributed by atoms with Crippen molar-refractivity contribution in [1.29, 1.82) is 0 Å². The molecule has 6 heteroatoms. The average Bonchev–Trinajstić information content (AvgIpc) is 3.17. The van der Waals surface area contributed by atoms with Gasteiger partial charge in [-0.25, -0.2) is 0 Å². The standard InChI is InChI=1S/C19H21ClN2O2S/c1-21(12-14-6-8-16(20)9-7-14)18(23)15-4-2-10-22(13-15)19(24)17-5-3-11-25-17/h3,5-9,11,15H,2,4,10,12-13H2,1H3. The first-order chi connectivity index (χ1) is 12.0. The average molecular weight is 377 g/mol. The molecule has 1 aliphatic rings. The molecule has 0 saturated carbocycles. The normalized spacial score (nSPS) is 17.4. The summed E-state index contributed by atoms with van der Waals surface area (Å²) >= 11 is 7.35. The number of carbonyl (C=O) groups is 2. The molecule has 25 heavy (non-hydrogen) atoms. The van der Waals surface area contributed by atoms with Crippen LogP contribution < -0.4 is 0 Å². The highest BCUT2D eigenvalue weighted by Crippen LogP contribution is 2.22. The predicted molar refractivity (Wildman–Crippen MR) is 101 cm³/mol. The van der Waals surface area contributed by atoms with Gasteiger partial charge in [0.05, 0.1) is 10.8 Å². The summed E-state index contributed by atoms with van der Waals surface area (Å²) in [6.07, 6.45) is 1.69.